The van der Waals surface area contributed by atoms with Crippen LogP contribution in [0.4, 0.5) is 5.69 Å². The minimum atomic E-state index is 0.789. The quantitative estimate of drug-likeness (QED) is 0.834. The van der Waals surface area contributed by atoms with E-state index in [4.69, 9.17) is 0 Å². The minimum Gasteiger partial charge on any atom is -0.385 e. The predicted octanol–water partition coefficient (Wildman–Crippen LogP) is 3.91. The number of rotatable bonds is 6. The monoisotopic (exact) mass is 260 g/mol. The van der Waals surface area contributed by atoms with E-state index in [9.17, 15) is 0 Å². The normalized spacial score (nSPS) is 16.0. The lowest BCUT2D eigenvalue weighted by molar-refractivity contribution is 0.237. The van der Waals surface area contributed by atoms with E-state index in [0.29, 0.717) is 0 Å². The van der Waals surface area contributed by atoms with E-state index in [1.54, 1.807) is 5.56 Å². The zero-order chi connectivity index (χ0) is 13.7. The molecule has 0 spiro atoms. The summed E-state index contributed by atoms with van der Waals surface area (Å²) >= 11 is 0. The molecule has 0 bridgehead atoms. The van der Waals surface area contributed by atoms with Gasteiger partial charge in [0.05, 0.1) is 0 Å². The standard InChI is InChI=1S/C17H28N2/c1-4-14(3)12-19(5-2)13-15-8-6-10-17-16(15)9-7-11-18-17/h6,8,10,14,18H,4-5,7,9,11-13H2,1-3H3. The number of hydrogen-bond donors (Lipinski definition) is 1. The Morgan fingerprint density at radius 2 is 2.16 bits per heavy atom. The van der Waals surface area contributed by atoms with Crippen molar-refractivity contribution in [3.63, 3.8) is 0 Å². The molecular formula is C17H28N2. The molecule has 1 atom stereocenters. The smallest absolute Gasteiger partial charge is 0.0375 e. The number of nitrogens with zero attached hydrogens (tertiary/aromatic N) is 1. The maximum absolute atomic E-state index is 3.53. The highest BCUT2D eigenvalue weighted by Crippen LogP contribution is 2.26. The molecule has 1 aliphatic rings. The first-order valence-corrected chi connectivity index (χ1v) is 7.81. The van der Waals surface area contributed by atoms with E-state index in [-0.39, 0.29) is 0 Å². The van der Waals surface area contributed by atoms with Gasteiger partial charge in [-0.05, 0) is 42.5 Å². The second-order valence-electron chi connectivity index (χ2n) is 5.81. The summed E-state index contributed by atoms with van der Waals surface area (Å²) in [6.07, 6.45) is 3.77. The van der Waals surface area contributed by atoms with E-state index in [1.165, 1.54) is 37.1 Å². The average Bonchev–Trinajstić information content (AvgIpc) is 2.46. The summed E-state index contributed by atoms with van der Waals surface area (Å²) in [5, 5.41) is 3.53. The van der Waals surface area contributed by atoms with Crippen LogP contribution in [0.5, 0.6) is 0 Å². The van der Waals surface area contributed by atoms with Gasteiger partial charge in [-0.2, -0.15) is 0 Å². The van der Waals surface area contributed by atoms with Crippen LogP contribution in [-0.4, -0.2) is 24.5 Å². The first kappa shape index (κ1) is 14.4. The van der Waals surface area contributed by atoms with Crippen molar-refractivity contribution in [2.75, 3.05) is 25.0 Å². The average molecular weight is 260 g/mol. The molecule has 1 aromatic rings. The predicted molar refractivity (Wildman–Crippen MR) is 83.7 cm³/mol. The minimum absolute atomic E-state index is 0.789. The van der Waals surface area contributed by atoms with Crippen LogP contribution in [0.1, 0.15) is 44.7 Å². The molecule has 106 valence electrons. The zero-order valence-corrected chi connectivity index (χ0v) is 12.7. The van der Waals surface area contributed by atoms with Gasteiger partial charge >= 0.3 is 0 Å². The third kappa shape index (κ3) is 3.73. The van der Waals surface area contributed by atoms with Gasteiger partial charge in [0.2, 0.25) is 0 Å². The van der Waals surface area contributed by atoms with Gasteiger partial charge in [0.1, 0.15) is 0 Å². The highest BCUT2D eigenvalue weighted by atomic mass is 15.1. The molecule has 1 heterocycles. The molecule has 0 amide bonds. The third-order valence-corrected chi connectivity index (χ3v) is 4.30. The molecule has 0 aromatic heterocycles. The van der Waals surface area contributed by atoms with Crippen molar-refractivity contribution in [2.45, 2.75) is 46.6 Å². The van der Waals surface area contributed by atoms with Gasteiger partial charge in [-0.1, -0.05) is 39.3 Å². The fraction of sp³-hybridized carbons (Fsp3) is 0.647. The van der Waals surface area contributed by atoms with Gasteiger partial charge in [0.25, 0.3) is 0 Å². The van der Waals surface area contributed by atoms with E-state index < -0.39 is 0 Å². The maximum atomic E-state index is 3.53. The summed E-state index contributed by atoms with van der Waals surface area (Å²) in [7, 11) is 0. The van der Waals surface area contributed by atoms with Crippen LogP contribution in [-0.2, 0) is 13.0 Å². The lowest BCUT2D eigenvalue weighted by Gasteiger charge is -2.27. The van der Waals surface area contributed by atoms with Gasteiger partial charge in [0, 0.05) is 25.3 Å². The highest BCUT2D eigenvalue weighted by Gasteiger charge is 2.15. The molecular weight excluding hydrogens is 232 g/mol. The topological polar surface area (TPSA) is 15.3 Å². The molecule has 19 heavy (non-hydrogen) atoms. The molecule has 0 saturated carbocycles. The third-order valence-electron chi connectivity index (χ3n) is 4.30. The number of nitrogens with one attached hydrogen (secondary N) is 1. The Kier molecular flexibility index (Phi) is 5.26. The summed E-state index contributed by atoms with van der Waals surface area (Å²) in [5.74, 6) is 0.789. The Labute approximate surface area is 118 Å². The van der Waals surface area contributed by atoms with Crippen LogP contribution < -0.4 is 5.32 Å². The molecule has 2 heteroatoms. The first-order valence-electron chi connectivity index (χ1n) is 7.81. The van der Waals surface area contributed by atoms with E-state index in [2.05, 4.69) is 49.2 Å². The lowest BCUT2D eigenvalue weighted by atomic mass is 9.97. The molecule has 1 unspecified atom stereocenters. The Balaban J connectivity index is 2.09. The Morgan fingerprint density at radius 1 is 1.32 bits per heavy atom. The Morgan fingerprint density at radius 3 is 2.89 bits per heavy atom. The lowest BCUT2D eigenvalue weighted by Crippen LogP contribution is -2.28. The van der Waals surface area contributed by atoms with E-state index in [0.717, 1.165) is 25.6 Å². The fourth-order valence-electron chi connectivity index (χ4n) is 2.85. The number of anilines is 1. The van der Waals surface area contributed by atoms with Crippen molar-refractivity contribution >= 4 is 5.69 Å². The molecule has 0 radical (unpaired) electrons. The highest BCUT2D eigenvalue weighted by molar-refractivity contribution is 5.56. The van der Waals surface area contributed by atoms with Gasteiger partial charge in [-0.3, -0.25) is 4.90 Å². The van der Waals surface area contributed by atoms with Crippen LogP contribution in [0.2, 0.25) is 0 Å². The van der Waals surface area contributed by atoms with Crippen molar-refractivity contribution < 1.29 is 0 Å². The van der Waals surface area contributed by atoms with Gasteiger partial charge in [0.15, 0.2) is 0 Å². The Bertz CT molecular complexity index is 400. The molecule has 0 fully saturated rings. The maximum Gasteiger partial charge on any atom is 0.0375 e. The van der Waals surface area contributed by atoms with Crippen molar-refractivity contribution in [1.29, 1.82) is 0 Å². The summed E-state index contributed by atoms with van der Waals surface area (Å²) in [6, 6.07) is 6.73. The molecule has 0 aliphatic carbocycles. The molecule has 0 saturated heterocycles. The van der Waals surface area contributed by atoms with Crippen molar-refractivity contribution in [3.8, 4) is 0 Å². The van der Waals surface area contributed by atoms with Crippen molar-refractivity contribution in [3.05, 3.63) is 29.3 Å². The molecule has 2 rings (SSSR count). The van der Waals surface area contributed by atoms with Crippen LogP contribution in [0, 0.1) is 5.92 Å². The summed E-state index contributed by atoms with van der Waals surface area (Å²) in [6.45, 7) is 11.5. The van der Waals surface area contributed by atoms with E-state index >= 15 is 0 Å². The first-order chi connectivity index (χ1) is 9.24. The van der Waals surface area contributed by atoms with Crippen LogP contribution in [0.25, 0.3) is 0 Å². The van der Waals surface area contributed by atoms with Crippen LogP contribution in [0.3, 0.4) is 0 Å². The SMILES string of the molecule is CCC(C)CN(CC)Cc1cccc2c1CCCN2. The van der Waals surface area contributed by atoms with Crippen molar-refractivity contribution in [1.82, 2.24) is 4.90 Å². The number of hydrogen-bond acceptors (Lipinski definition) is 2. The van der Waals surface area contributed by atoms with Crippen LogP contribution in [0.15, 0.2) is 18.2 Å². The summed E-state index contributed by atoms with van der Waals surface area (Å²) in [5.41, 5.74) is 4.44. The Hall–Kier alpha value is -1.02. The van der Waals surface area contributed by atoms with E-state index in [1.807, 2.05) is 0 Å². The summed E-state index contributed by atoms with van der Waals surface area (Å²) in [4.78, 5) is 2.58. The fourth-order valence-corrected chi connectivity index (χ4v) is 2.85. The second-order valence-corrected chi connectivity index (χ2v) is 5.81. The van der Waals surface area contributed by atoms with Gasteiger partial charge in [-0.15, -0.1) is 0 Å². The number of benzene rings is 1. The molecule has 1 N–H and O–H groups in total. The van der Waals surface area contributed by atoms with Gasteiger partial charge < -0.3 is 5.32 Å². The largest absolute Gasteiger partial charge is 0.385 e. The second kappa shape index (κ2) is 6.95. The van der Waals surface area contributed by atoms with Gasteiger partial charge in [-0.25, -0.2) is 0 Å². The van der Waals surface area contributed by atoms with Crippen molar-refractivity contribution in [2.24, 2.45) is 5.92 Å². The summed E-state index contributed by atoms with van der Waals surface area (Å²) < 4.78 is 0. The van der Waals surface area contributed by atoms with Crippen LogP contribution >= 0.6 is 0 Å². The number of fused-ring (bicyclic) bond motifs is 1. The molecule has 2 nitrogen and oxygen atoms in total. The zero-order valence-electron chi connectivity index (χ0n) is 12.7. The molecule has 1 aliphatic heterocycles. The molecule has 1 aromatic carbocycles.